The summed E-state index contributed by atoms with van der Waals surface area (Å²) in [6.07, 6.45) is 0. The van der Waals surface area contributed by atoms with Crippen LogP contribution >= 0.6 is 11.6 Å². The number of carbonyl (C=O) groups is 2. The second-order valence-electron chi connectivity index (χ2n) is 8.88. The molecule has 0 radical (unpaired) electrons. The summed E-state index contributed by atoms with van der Waals surface area (Å²) in [5.41, 5.74) is 2.02. The molecule has 2 aliphatic heterocycles. The third-order valence-electron chi connectivity index (χ3n) is 6.53. The van der Waals surface area contributed by atoms with Crippen molar-refractivity contribution in [2.45, 2.75) is 6.04 Å². The van der Waals surface area contributed by atoms with Gasteiger partial charge in [-0.1, -0.05) is 23.7 Å². The molecule has 2 heterocycles. The lowest BCUT2D eigenvalue weighted by molar-refractivity contribution is -0.132. The molecule has 0 saturated carbocycles. The zero-order valence-electron chi connectivity index (χ0n) is 21.1. The fourth-order valence-electron chi connectivity index (χ4n) is 4.59. The molecule has 0 bridgehead atoms. The van der Waals surface area contributed by atoms with Gasteiger partial charge in [0.15, 0.2) is 11.5 Å². The minimum atomic E-state index is -0.946. The van der Waals surface area contributed by atoms with E-state index in [1.165, 1.54) is 31.3 Å². The number of Topliss-reactive ketones (excluding diaryl/α,β-unsaturated/α-hetero) is 1. The molecule has 2 aliphatic rings. The zero-order chi connectivity index (χ0) is 27.1. The maximum Gasteiger partial charge on any atom is 0.300 e. The van der Waals surface area contributed by atoms with E-state index >= 15 is 0 Å². The Morgan fingerprint density at radius 1 is 0.974 bits per heavy atom. The highest BCUT2D eigenvalue weighted by Gasteiger charge is 2.47. The number of aliphatic hydroxyl groups is 1. The molecular weight excluding hydrogens is 512 g/mol. The molecule has 1 unspecified atom stereocenters. The Bertz CT molecular complexity index is 1470. The third kappa shape index (κ3) is 4.14. The summed E-state index contributed by atoms with van der Waals surface area (Å²) in [4.78, 5) is 30.3. The van der Waals surface area contributed by atoms with Crippen molar-refractivity contribution in [2.75, 3.05) is 44.9 Å². The molecule has 3 aromatic carbocycles. The molecule has 1 atom stereocenters. The number of fused-ring (bicyclic) bond motifs is 1. The molecule has 3 aromatic rings. The molecular formula is C28H25ClN2O7. The molecule has 0 spiro atoms. The molecule has 0 aliphatic carbocycles. The van der Waals surface area contributed by atoms with Crippen molar-refractivity contribution in [3.05, 3.63) is 76.3 Å². The van der Waals surface area contributed by atoms with Crippen molar-refractivity contribution < 1.29 is 33.6 Å². The number of aliphatic hydroxyl groups excluding tert-OH is 1. The Balaban J connectivity index is 1.73. The molecule has 1 saturated heterocycles. The molecule has 38 heavy (non-hydrogen) atoms. The number of ether oxygens (including phenoxy) is 4. The smallest absolute Gasteiger partial charge is 0.300 e. The fourth-order valence-corrected chi connectivity index (χ4v) is 4.83. The van der Waals surface area contributed by atoms with E-state index < -0.39 is 23.5 Å². The third-order valence-corrected chi connectivity index (χ3v) is 6.83. The first kappa shape index (κ1) is 25.3. The number of methoxy groups -OCH3 is 2. The van der Waals surface area contributed by atoms with Gasteiger partial charge >= 0.3 is 0 Å². The van der Waals surface area contributed by atoms with Crippen LogP contribution in [0.25, 0.3) is 5.76 Å². The Hall–Kier alpha value is -4.37. The molecule has 1 amide bonds. The summed E-state index contributed by atoms with van der Waals surface area (Å²) in [5, 5.41) is 11.8. The topological polar surface area (TPSA) is 97.8 Å². The minimum Gasteiger partial charge on any atom is -0.507 e. The number of amides is 1. The van der Waals surface area contributed by atoms with E-state index in [4.69, 9.17) is 30.5 Å². The van der Waals surface area contributed by atoms with Gasteiger partial charge in [0, 0.05) is 37.6 Å². The van der Waals surface area contributed by atoms with E-state index in [2.05, 4.69) is 0 Å². The van der Waals surface area contributed by atoms with E-state index in [9.17, 15) is 14.7 Å². The minimum absolute atomic E-state index is 0.0607. The fraction of sp³-hybridized carbons (Fsp3) is 0.214. The number of nitrogens with zero attached hydrogens (tertiary/aromatic N) is 2. The lowest BCUT2D eigenvalue weighted by Gasteiger charge is -2.26. The summed E-state index contributed by atoms with van der Waals surface area (Å²) in [6.45, 7) is 0.0607. The predicted molar refractivity (Wildman–Crippen MR) is 143 cm³/mol. The SMILES string of the molecule is COc1cc(/C(O)=C2\C(=O)C(=O)N(c3ccc4c(c3)OCO4)C2c2ccc(N(C)C)cc2)c(OC)cc1Cl. The molecule has 10 heteroatoms. The summed E-state index contributed by atoms with van der Waals surface area (Å²) < 4.78 is 21.6. The van der Waals surface area contributed by atoms with Gasteiger partial charge in [-0.15, -0.1) is 0 Å². The van der Waals surface area contributed by atoms with Crippen LogP contribution in [0, 0.1) is 0 Å². The van der Waals surface area contributed by atoms with Gasteiger partial charge in [-0.25, -0.2) is 0 Å². The standard InChI is InChI=1S/C28H25ClN2O7/c1-30(2)16-7-5-15(6-8-16)25-24(26(32)18-12-22(36-4)19(29)13-21(18)35-3)27(33)28(34)31(25)17-9-10-20-23(11-17)38-14-37-20/h5-13,25,32H,14H2,1-4H3/b26-24+. The van der Waals surface area contributed by atoms with Crippen LogP contribution in [0.2, 0.25) is 5.02 Å². The van der Waals surface area contributed by atoms with Crippen LogP contribution in [0.1, 0.15) is 17.2 Å². The van der Waals surface area contributed by atoms with Gasteiger partial charge in [0.1, 0.15) is 17.3 Å². The van der Waals surface area contributed by atoms with Crippen LogP contribution in [0.15, 0.2) is 60.2 Å². The maximum atomic E-state index is 13.5. The van der Waals surface area contributed by atoms with Gasteiger partial charge in [0.05, 0.1) is 36.4 Å². The number of rotatable bonds is 6. The van der Waals surface area contributed by atoms with Crippen LogP contribution in [-0.2, 0) is 9.59 Å². The second kappa shape index (κ2) is 9.83. The average Bonchev–Trinajstić information content (AvgIpc) is 3.49. The highest BCUT2D eigenvalue weighted by atomic mass is 35.5. The molecule has 0 aromatic heterocycles. The Morgan fingerprint density at radius 2 is 1.66 bits per heavy atom. The van der Waals surface area contributed by atoms with Crippen molar-refractivity contribution in [2.24, 2.45) is 0 Å². The first-order chi connectivity index (χ1) is 18.2. The number of benzene rings is 3. The first-order valence-corrected chi connectivity index (χ1v) is 12.0. The summed E-state index contributed by atoms with van der Waals surface area (Å²) in [7, 11) is 6.67. The number of ketones is 1. The van der Waals surface area contributed by atoms with E-state index in [0.29, 0.717) is 22.7 Å². The van der Waals surface area contributed by atoms with Gasteiger partial charge in [0.2, 0.25) is 6.79 Å². The summed E-state index contributed by atoms with van der Waals surface area (Å²) >= 11 is 6.25. The molecule has 196 valence electrons. The van der Waals surface area contributed by atoms with Crippen molar-refractivity contribution in [3.8, 4) is 23.0 Å². The van der Waals surface area contributed by atoms with Crippen LogP contribution in [-0.4, -0.2) is 51.9 Å². The number of hydrogen-bond acceptors (Lipinski definition) is 8. The molecule has 1 N–H and O–H groups in total. The van der Waals surface area contributed by atoms with Crippen molar-refractivity contribution in [1.29, 1.82) is 0 Å². The first-order valence-electron chi connectivity index (χ1n) is 11.6. The zero-order valence-corrected chi connectivity index (χ0v) is 21.9. The number of hydrogen-bond donors (Lipinski definition) is 1. The second-order valence-corrected chi connectivity index (χ2v) is 9.29. The van der Waals surface area contributed by atoms with E-state index in [0.717, 1.165) is 5.69 Å². The number of anilines is 2. The lowest BCUT2D eigenvalue weighted by atomic mass is 9.94. The molecule has 1 fully saturated rings. The van der Waals surface area contributed by atoms with Crippen LogP contribution in [0.4, 0.5) is 11.4 Å². The van der Waals surface area contributed by atoms with Crippen molar-refractivity contribution >= 4 is 40.4 Å². The number of carbonyl (C=O) groups excluding carboxylic acids is 2. The van der Waals surface area contributed by atoms with E-state index in [1.54, 1.807) is 18.2 Å². The Morgan fingerprint density at radius 3 is 2.32 bits per heavy atom. The van der Waals surface area contributed by atoms with Crippen LogP contribution in [0.3, 0.4) is 0 Å². The Kier molecular flexibility index (Phi) is 6.54. The maximum absolute atomic E-state index is 13.5. The molecule has 9 nitrogen and oxygen atoms in total. The quantitative estimate of drug-likeness (QED) is 0.273. The summed E-state index contributed by atoms with van der Waals surface area (Å²) in [5.74, 6) is -0.592. The number of halogens is 1. The highest BCUT2D eigenvalue weighted by molar-refractivity contribution is 6.51. The Labute approximate surface area is 224 Å². The van der Waals surface area contributed by atoms with E-state index in [-0.39, 0.29) is 34.5 Å². The van der Waals surface area contributed by atoms with Crippen molar-refractivity contribution in [1.82, 2.24) is 0 Å². The highest BCUT2D eigenvalue weighted by Crippen LogP contribution is 2.46. The average molecular weight is 537 g/mol. The normalized spacial score (nSPS) is 17.6. The predicted octanol–water partition coefficient (Wildman–Crippen LogP) is 4.78. The van der Waals surface area contributed by atoms with Gasteiger partial charge in [-0.3, -0.25) is 14.5 Å². The van der Waals surface area contributed by atoms with Gasteiger partial charge in [0.25, 0.3) is 11.7 Å². The van der Waals surface area contributed by atoms with Crippen molar-refractivity contribution in [3.63, 3.8) is 0 Å². The lowest BCUT2D eigenvalue weighted by Crippen LogP contribution is -2.29. The van der Waals surface area contributed by atoms with Crippen LogP contribution in [0.5, 0.6) is 23.0 Å². The van der Waals surface area contributed by atoms with Gasteiger partial charge in [-0.05, 0) is 35.9 Å². The van der Waals surface area contributed by atoms with Crippen LogP contribution < -0.4 is 28.7 Å². The molecule has 5 rings (SSSR count). The monoisotopic (exact) mass is 536 g/mol. The largest absolute Gasteiger partial charge is 0.507 e. The van der Waals surface area contributed by atoms with Gasteiger partial charge in [-0.2, -0.15) is 0 Å². The van der Waals surface area contributed by atoms with E-state index in [1.807, 2.05) is 43.3 Å². The van der Waals surface area contributed by atoms with Gasteiger partial charge < -0.3 is 29.0 Å². The summed E-state index contributed by atoms with van der Waals surface area (Å²) in [6, 6.07) is 14.4.